The van der Waals surface area contributed by atoms with Gasteiger partial charge in [-0.15, -0.1) is 0 Å². The molecule has 0 fully saturated rings. The maximum atomic E-state index is 11.6. The minimum absolute atomic E-state index is 0.0588. The van der Waals surface area contributed by atoms with Gasteiger partial charge in [0, 0.05) is 17.8 Å². The average Bonchev–Trinajstić information content (AvgIpc) is 2.75. The van der Waals surface area contributed by atoms with Gasteiger partial charge < -0.3 is 15.5 Å². The highest BCUT2D eigenvalue weighted by Gasteiger charge is 2.26. The number of nitrogens with one attached hydrogen (secondary N) is 2. The van der Waals surface area contributed by atoms with Crippen molar-refractivity contribution in [1.29, 1.82) is 0 Å². The number of fused-ring (bicyclic) bond motifs is 1. The van der Waals surface area contributed by atoms with Crippen molar-refractivity contribution in [3.05, 3.63) is 53.1 Å². The lowest BCUT2D eigenvalue weighted by atomic mass is 10.1. The quantitative estimate of drug-likeness (QED) is 0.507. The molecule has 0 bridgehead atoms. The van der Waals surface area contributed by atoms with Gasteiger partial charge in [0.25, 0.3) is 11.8 Å². The smallest absolute Gasteiger partial charge is 0.259 e. The number of imide groups is 1. The van der Waals surface area contributed by atoms with Crippen LogP contribution in [0.2, 0.25) is 0 Å². The summed E-state index contributed by atoms with van der Waals surface area (Å²) >= 11 is 0. The van der Waals surface area contributed by atoms with Gasteiger partial charge >= 0.3 is 0 Å². The Kier molecular flexibility index (Phi) is 2.98. The van der Waals surface area contributed by atoms with E-state index >= 15 is 0 Å². The Labute approximate surface area is 120 Å². The van der Waals surface area contributed by atoms with Crippen molar-refractivity contribution in [1.82, 2.24) is 5.32 Å². The van der Waals surface area contributed by atoms with Crippen molar-refractivity contribution in [3.63, 3.8) is 0 Å². The number of aromatic hydroxyl groups is 2. The first-order valence-electron chi connectivity index (χ1n) is 6.29. The number of carbonyl (C=O) groups excluding carboxylic acids is 2. The fourth-order valence-corrected chi connectivity index (χ4v) is 2.19. The minimum Gasteiger partial charge on any atom is -0.508 e. The first-order chi connectivity index (χ1) is 10.0. The first kappa shape index (κ1) is 13.0. The summed E-state index contributed by atoms with van der Waals surface area (Å²) in [6.07, 6.45) is 0. The van der Waals surface area contributed by atoms with Crippen LogP contribution in [0.1, 0.15) is 26.3 Å². The number of hydrogen-bond acceptors (Lipinski definition) is 5. The number of rotatable bonds is 3. The Bertz CT molecular complexity index is 755. The third kappa shape index (κ3) is 2.38. The minimum atomic E-state index is -0.418. The zero-order valence-corrected chi connectivity index (χ0v) is 10.9. The van der Waals surface area contributed by atoms with E-state index in [1.807, 2.05) is 0 Å². The molecule has 0 saturated heterocycles. The van der Waals surface area contributed by atoms with E-state index < -0.39 is 11.8 Å². The lowest BCUT2D eigenvalue weighted by Crippen LogP contribution is -2.19. The van der Waals surface area contributed by atoms with Gasteiger partial charge in [0.2, 0.25) is 0 Å². The summed E-state index contributed by atoms with van der Waals surface area (Å²) in [6.45, 7) is 0.272. The van der Waals surface area contributed by atoms with Crippen molar-refractivity contribution in [2.45, 2.75) is 6.54 Å². The molecule has 4 N–H and O–H groups in total. The van der Waals surface area contributed by atoms with Crippen LogP contribution >= 0.6 is 0 Å². The lowest BCUT2D eigenvalue weighted by Gasteiger charge is -2.09. The van der Waals surface area contributed by atoms with E-state index in [0.717, 1.165) is 0 Å². The SMILES string of the molecule is O=C1NC(=O)c2cc(NCc3cc(O)ccc3O)ccc21. The van der Waals surface area contributed by atoms with Gasteiger partial charge in [-0.05, 0) is 36.4 Å². The van der Waals surface area contributed by atoms with E-state index in [4.69, 9.17) is 0 Å². The third-order valence-electron chi connectivity index (χ3n) is 3.28. The van der Waals surface area contributed by atoms with Crippen molar-refractivity contribution in [2.24, 2.45) is 0 Å². The van der Waals surface area contributed by atoms with Crippen LogP contribution < -0.4 is 10.6 Å². The van der Waals surface area contributed by atoms with Crippen LogP contribution in [-0.2, 0) is 6.54 Å². The maximum absolute atomic E-state index is 11.6. The highest BCUT2D eigenvalue weighted by molar-refractivity contribution is 6.21. The van der Waals surface area contributed by atoms with Gasteiger partial charge in [0.1, 0.15) is 11.5 Å². The number of hydrogen-bond donors (Lipinski definition) is 4. The maximum Gasteiger partial charge on any atom is 0.259 e. The summed E-state index contributed by atoms with van der Waals surface area (Å²) in [5.74, 6) is -0.691. The predicted octanol–water partition coefficient (Wildman–Crippen LogP) is 1.59. The van der Waals surface area contributed by atoms with Crippen LogP contribution in [0.4, 0.5) is 5.69 Å². The summed E-state index contributed by atoms with van der Waals surface area (Å²) < 4.78 is 0. The molecule has 0 spiro atoms. The van der Waals surface area contributed by atoms with Crippen molar-refractivity contribution in [3.8, 4) is 11.5 Å². The molecule has 3 rings (SSSR count). The van der Waals surface area contributed by atoms with Crippen molar-refractivity contribution < 1.29 is 19.8 Å². The van der Waals surface area contributed by atoms with Crippen LogP contribution in [0.3, 0.4) is 0 Å². The molecule has 6 heteroatoms. The molecule has 2 aromatic carbocycles. The standard InChI is InChI=1S/C15H12N2O4/c18-10-2-4-13(19)8(5-10)7-16-9-1-3-11-12(6-9)15(21)17-14(11)20/h1-6,16,18-19H,7H2,(H,17,20,21). The molecule has 106 valence electrons. The van der Waals surface area contributed by atoms with E-state index in [0.29, 0.717) is 22.4 Å². The van der Waals surface area contributed by atoms with Gasteiger partial charge in [-0.2, -0.15) is 0 Å². The molecule has 1 aliphatic rings. The first-order valence-corrected chi connectivity index (χ1v) is 6.29. The predicted molar refractivity (Wildman–Crippen MR) is 75.3 cm³/mol. The van der Waals surface area contributed by atoms with Crippen LogP contribution in [0.5, 0.6) is 11.5 Å². The van der Waals surface area contributed by atoms with Gasteiger partial charge in [-0.25, -0.2) is 0 Å². The lowest BCUT2D eigenvalue weighted by molar-refractivity contribution is 0.0879. The van der Waals surface area contributed by atoms with E-state index in [9.17, 15) is 19.8 Å². The molecule has 21 heavy (non-hydrogen) atoms. The van der Waals surface area contributed by atoms with Gasteiger partial charge in [0.15, 0.2) is 0 Å². The second kappa shape index (κ2) is 4.82. The summed E-state index contributed by atoms with van der Waals surface area (Å²) in [5.41, 5.74) is 1.84. The van der Waals surface area contributed by atoms with Gasteiger partial charge in [0.05, 0.1) is 11.1 Å². The Balaban J connectivity index is 1.80. The second-order valence-corrected chi connectivity index (χ2v) is 4.71. The summed E-state index contributed by atoms with van der Waals surface area (Å²) in [4.78, 5) is 23.0. The Morgan fingerprint density at radius 1 is 0.952 bits per heavy atom. The number of amides is 2. The Morgan fingerprint density at radius 3 is 2.52 bits per heavy atom. The van der Waals surface area contributed by atoms with E-state index in [-0.39, 0.29) is 18.0 Å². The number of phenols is 2. The number of carbonyl (C=O) groups is 2. The fourth-order valence-electron chi connectivity index (χ4n) is 2.19. The van der Waals surface area contributed by atoms with Crippen LogP contribution in [0.25, 0.3) is 0 Å². The molecule has 2 aromatic rings. The third-order valence-corrected chi connectivity index (χ3v) is 3.28. The van der Waals surface area contributed by atoms with Crippen LogP contribution in [0.15, 0.2) is 36.4 Å². The zero-order chi connectivity index (χ0) is 15.0. The normalized spacial score (nSPS) is 13.0. The molecule has 0 atom stereocenters. The van der Waals surface area contributed by atoms with Crippen molar-refractivity contribution in [2.75, 3.05) is 5.32 Å². The number of anilines is 1. The molecule has 0 aromatic heterocycles. The molecule has 6 nitrogen and oxygen atoms in total. The van der Waals surface area contributed by atoms with Gasteiger partial charge in [-0.1, -0.05) is 0 Å². The molecule has 0 aliphatic carbocycles. The number of phenolic OH excluding ortho intramolecular Hbond substituents is 2. The van der Waals surface area contributed by atoms with Crippen LogP contribution in [-0.4, -0.2) is 22.0 Å². The topological polar surface area (TPSA) is 98.7 Å². The Hall–Kier alpha value is -3.02. The molecule has 2 amide bonds. The monoisotopic (exact) mass is 284 g/mol. The average molecular weight is 284 g/mol. The largest absolute Gasteiger partial charge is 0.508 e. The van der Waals surface area contributed by atoms with E-state index in [1.165, 1.54) is 18.2 Å². The molecular weight excluding hydrogens is 272 g/mol. The summed E-state index contributed by atoms with van der Waals surface area (Å²) in [7, 11) is 0. The molecule has 0 radical (unpaired) electrons. The second-order valence-electron chi connectivity index (χ2n) is 4.71. The van der Waals surface area contributed by atoms with E-state index in [2.05, 4.69) is 10.6 Å². The molecule has 0 saturated carbocycles. The van der Waals surface area contributed by atoms with Crippen LogP contribution in [0, 0.1) is 0 Å². The molecule has 1 aliphatic heterocycles. The highest BCUT2D eigenvalue weighted by atomic mass is 16.3. The fraction of sp³-hybridized carbons (Fsp3) is 0.0667. The Morgan fingerprint density at radius 2 is 1.71 bits per heavy atom. The summed E-state index contributed by atoms with van der Waals surface area (Å²) in [6, 6.07) is 9.07. The molecule has 0 unspecified atom stereocenters. The number of benzene rings is 2. The van der Waals surface area contributed by atoms with Gasteiger partial charge in [-0.3, -0.25) is 14.9 Å². The zero-order valence-electron chi connectivity index (χ0n) is 10.9. The van der Waals surface area contributed by atoms with Crippen molar-refractivity contribution >= 4 is 17.5 Å². The summed E-state index contributed by atoms with van der Waals surface area (Å²) in [5, 5.41) is 24.3. The highest BCUT2D eigenvalue weighted by Crippen LogP contribution is 2.24. The molecular formula is C15H12N2O4. The van der Waals surface area contributed by atoms with E-state index in [1.54, 1.807) is 18.2 Å². The molecule has 1 heterocycles.